The predicted octanol–water partition coefficient (Wildman–Crippen LogP) is 3.21. The van der Waals surface area contributed by atoms with E-state index in [2.05, 4.69) is 10.5 Å². The lowest BCUT2D eigenvalue weighted by atomic mass is 10.2. The molecule has 1 aromatic carbocycles. The van der Waals surface area contributed by atoms with Crippen molar-refractivity contribution in [3.05, 3.63) is 57.0 Å². The van der Waals surface area contributed by atoms with Crippen LogP contribution < -0.4 is 10.2 Å². The zero-order chi connectivity index (χ0) is 16.7. The smallest absolute Gasteiger partial charge is 0.324 e. The van der Waals surface area contributed by atoms with Gasteiger partial charge in [-0.25, -0.2) is 5.43 Å². The lowest BCUT2D eigenvalue weighted by Gasteiger charge is -2.05. The maximum atomic E-state index is 11.9. The number of nitrogens with zero attached hydrogens (tertiary/aromatic N) is 2. The summed E-state index contributed by atoms with van der Waals surface area (Å²) >= 11 is 0.982. The number of benzene rings is 1. The molecule has 2 rings (SSSR count). The van der Waals surface area contributed by atoms with Crippen molar-refractivity contribution < 1.29 is 14.5 Å². The van der Waals surface area contributed by atoms with Crippen LogP contribution in [-0.4, -0.2) is 23.7 Å². The van der Waals surface area contributed by atoms with Crippen molar-refractivity contribution in [2.45, 2.75) is 13.3 Å². The molecule has 0 aliphatic heterocycles. The van der Waals surface area contributed by atoms with Crippen LogP contribution in [0.2, 0.25) is 0 Å². The average molecular weight is 333 g/mol. The van der Waals surface area contributed by atoms with Crippen molar-refractivity contribution in [2.24, 2.45) is 5.10 Å². The minimum absolute atomic E-state index is 0.0282. The van der Waals surface area contributed by atoms with E-state index in [1.807, 2.05) is 6.92 Å². The van der Waals surface area contributed by atoms with E-state index in [-0.39, 0.29) is 10.9 Å². The fraction of sp³-hybridized carbons (Fsp3) is 0.200. The molecule has 2 aromatic rings. The van der Waals surface area contributed by atoms with Crippen molar-refractivity contribution >= 4 is 28.5 Å². The van der Waals surface area contributed by atoms with Crippen molar-refractivity contribution in [3.8, 4) is 5.75 Å². The third kappa shape index (κ3) is 4.89. The van der Waals surface area contributed by atoms with Crippen LogP contribution in [0.4, 0.5) is 5.00 Å². The highest BCUT2D eigenvalue weighted by atomic mass is 32.1. The summed E-state index contributed by atoms with van der Waals surface area (Å²) in [6.07, 6.45) is 2.28. The van der Waals surface area contributed by atoms with Gasteiger partial charge in [0.15, 0.2) is 0 Å². The van der Waals surface area contributed by atoms with Crippen LogP contribution in [0.15, 0.2) is 41.5 Å². The summed E-state index contributed by atoms with van der Waals surface area (Å²) in [7, 11) is 0. The number of thiophene rings is 1. The van der Waals surface area contributed by atoms with E-state index in [0.29, 0.717) is 22.8 Å². The first-order valence-corrected chi connectivity index (χ1v) is 7.72. The lowest BCUT2D eigenvalue weighted by Crippen LogP contribution is -2.17. The Balaban J connectivity index is 1.90. The largest absolute Gasteiger partial charge is 0.494 e. The topological polar surface area (TPSA) is 93.8 Å². The zero-order valence-corrected chi connectivity index (χ0v) is 13.2. The van der Waals surface area contributed by atoms with Gasteiger partial charge in [-0.15, -0.1) is 0 Å². The Morgan fingerprint density at radius 1 is 1.35 bits per heavy atom. The van der Waals surface area contributed by atoms with Gasteiger partial charge in [-0.1, -0.05) is 18.3 Å². The molecule has 8 heteroatoms. The molecule has 23 heavy (non-hydrogen) atoms. The molecule has 0 atom stereocenters. The van der Waals surface area contributed by atoms with Crippen molar-refractivity contribution in [3.63, 3.8) is 0 Å². The third-order valence-electron chi connectivity index (χ3n) is 2.74. The van der Waals surface area contributed by atoms with Crippen LogP contribution in [0, 0.1) is 10.1 Å². The van der Waals surface area contributed by atoms with Crippen molar-refractivity contribution in [1.29, 1.82) is 0 Å². The molecule has 7 nitrogen and oxygen atoms in total. The number of nitrogens with one attached hydrogen (secondary N) is 1. The summed E-state index contributed by atoms with van der Waals surface area (Å²) in [5.74, 6) is 0.340. The monoisotopic (exact) mass is 333 g/mol. The number of ether oxygens (including phenoxy) is 1. The van der Waals surface area contributed by atoms with E-state index < -0.39 is 4.92 Å². The average Bonchev–Trinajstić information content (AvgIpc) is 3.02. The van der Waals surface area contributed by atoms with Crippen LogP contribution >= 0.6 is 11.3 Å². The van der Waals surface area contributed by atoms with Crippen LogP contribution in [0.5, 0.6) is 5.75 Å². The normalized spacial score (nSPS) is 10.7. The molecule has 1 amide bonds. The number of hydrazone groups is 1. The summed E-state index contributed by atoms with van der Waals surface area (Å²) in [5.41, 5.74) is 2.82. The second kappa shape index (κ2) is 8.04. The van der Waals surface area contributed by atoms with Gasteiger partial charge in [-0.3, -0.25) is 14.9 Å². The Labute approximate surface area is 136 Å². The quantitative estimate of drug-likeness (QED) is 0.478. The molecular weight excluding hydrogens is 318 g/mol. The molecule has 1 heterocycles. The van der Waals surface area contributed by atoms with Crippen LogP contribution in [-0.2, 0) is 0 Å². The molecule has 0 radical (unpaired) electrons. The van der Waals surface area contributed by atoms with Gasteiger partial charge in [-0.05, 0) is 36.8 Å². The summed E-state index contributed by atoms with van der Waals surface area (Å²) in [6, 6.07) is 9.69. The molecule has 1 aromatic heterocycles. The van der Waals surface area contributed by atoms with Crippen LogP contribution in [0.25, 0.3) is 0 Å². The van der Waals surface area contributed by atoms with E-state index in [0.717, 1.165) is 17.8 Å². The van der Waals surface area contributed by atoms with Gasteiger partial charge >= 0.3 is 5.00 Å². The number of carbonyl (C=O) groups is 1. The summed E-state index contributed by atoms with van der Waals surface area (Å²) < 4.78 is 5.44. The lowest BCUT2D eigenvalue weighted by molar-refractivity contribution is -0.380. The molecule has 0 aliphatic carbocycles. The van der Waals surface area contributed by atoms with Crippen LogP contribution in [0.3, 0.4) is 0 Å². The molecule has 0 unspecified atom stereocenters. The fourth-order valence-electron chi connectivity index (χ4n) is 1.65. The molecule has 0 bridgehead atoms. The summed E-state index contributed by atoms with van der Waals surface area (Å²) in [6.45, 7) is 2.64. The van der Waals surface area contributed by atoms with E-state index in [1.54, 1.807) is 30.3 Å². The molecule has 0 saturated heterocycles. The molecule has 120 valence electrons. The molecule has 0 spiro atoms. The third-order valence-corrected chi connectivity index (χ3v) is 3.71. The zero-order valence-electron chi connectivity index (χ0n) is 12.4. The molecular formula is C15H15N3O4S. The van der Waals surface area contributed by atoms with E-state index in [1.165, 1.54) is 12.3 Å². The Hall–Kier alpha value is -2.74. The number of amides is 1. The first-order valence-electron chi connectivity index (χ1n) is 6.90. The molecule has 0 saturated carbocycles. The highest BCUT2D eigenvalue weighted by Gasteiger charge is 2.08. The summed E-state index contributed by atoms with van der Waals surface area (Å²) in [4.78, 5) is 22.6. The van der Waals surface area contributed by atoms with Gasteiger partial charge in [0, 0.05) is 11.6 Å². The predicted molar refractivity (Wildman–Crippen MR) is 88.3 cm³/mol. The maximum Gasteiger partial charge on any atom is 0.324 e. The Morgan fingerprint density at radius 3 is 2.70 bits per heavy atom. The Bertz CT molecular complexity index is 710. The van der Waals surface area contributed by atoms with Gasteiger partial charge < -0.3 is 4.74 Å². The maximum absolute atomic E-state index is 11.9. The highest BCUT2D eigenvalue weighted by Crippen LogP contribution is 2.22. The molecule has 0 fully saturated rings. The van der Waals surface area contributed by atoms with Gasteiger partial charge in [0.2, 0.25) is 0 Å². The Kier molecular flexibility index (Phi) is 5.81. The highest BCUT2D eigenvalue weighted by molar-refractivity contribution is 7.16. The van der Waals surface area contributed by atoms with Gasteiger partial charge in [0.05, 0.1) is 22.6 Å². The fourth-order valence-corrected chi connectivity index (χ4v) is 2.34. The van der Waals surface area contributed by atoms with Crippen molar-refractivity contribution in [2.75, 3.05) is 6.61 Å². The van der Waals surface area contributed by atoms with E-state index in [4.69, 9.17) is 4.74 Å². The van der Waals surface area contributed by atoms with Gasteiger partial charge in [0.1, 0.15) is 5.75 Å². The number of hydrogen-bond acceptors (Lipinski definition) is 6. The summed E-state index contributed by atoms with van der Waals surface area (Å²) in [5, 5.41) is 14.4. The van der Waals surface area contributed by atoms with Crippen LogP contribution in [0.1, 0.15) is 28.6 Å². The number of nitro groups is 1. The second-order valence-corrected chi connectivity index (χ2v) is 5.60. The second-order valence-electron chi connectivity index (χ2n) is 4.51. The van der Waals surface area contributed by atoms with E-state index >= 15 is 0 Å². The first kappa shape index (κ1) is 16.6. The molecule has 0 aliphatic rings. The number of rotatable bonds is 7. The SMILES string of the molecule is CCCOc1ccc(C(=O)N/N=C\c2ccc([N+](=O)[O-])s2)cc1. The van der Waals surface area contributed by atoms with Crippen molar-refractivity contribution in [1.82, 2.24) is 5.43 Å². The van der Waals surface area contributed by atoms with Gasteiger partial charge in [-0.2, -0.15) is 5.10 Å². The minimum atomic E-state index is -0.469. The standard InChI is InChI=1S/C15H15N3O4S/c1-2-9-22-12-5-3-11(4-6-12)15(19)17-16-10-13-7-8-14(23-13)18(20)21/h3-8,10H,2,9H2,1H3,(H,17,19)/b16-10-. The Morgan fingerprint density at radius 2 is 2.09 bits per heavy atom. The minimum Gasteiger partial charge on any atom is -0.494 e. The van der Waals surface area contributed by atoms with Gasteiger partial charge in [0.25, 0.3) is 5.91 Å². The first-order chi connectivity index (χ1) is 11.1. The molecule has 1 N–H and O–H groups in total. The number of hydrogen-bond donors (Lipinski definition) is 1. The van der Waals surface area contributed by atoms with E-state index in [9.17, 15) is 14.9 Å². The number of carbonyl (C=O) groups excluding carboxylic acids is 1.